The molecule has 1 aromatic carbocycles. The van der Waals surface area contributed by atoms with Gasteiger partial charge in [0.2, 0.25) is 0 Å². The number of aromatic nitrogens is 2. The molecule has 1 fully saturated rings. The number of aryl methyl sites for hydroxylation is 1. The average molecular weight is 337 g/mol. The molecule has 0 unspecified atom stereocenters. The molecule has 1 aliphatic heterocycles. The van der Waals surface area contributed by atoms with Crippen LogP contribution in [0.2, 0.25) is 0 Å². The molecule has 4 nitrogen and oxygen atoms in total. The second-order valence-electron chi connectivity index (χ2n) is 6.88. The summed E-state index contributed by atoms with van der Waals surface area (Å²) in [5, 5.41) is 0. The number of ether oxygens (including phenoxy) is 1. The zero-order valence-electron chi connectivity index (χ0n) is 15.0. The minimum absolute atomic E-state index is 0.0902. The molecule has 0 saturated carbocycles. The normalized spacial score (nSPS) is 17.3. The minimum atomic E-state index is -0.0902. The van der Waals surface area contributed by atoms with Crippen LogP contribution in [0.25, 0.3) is 0 Å². The molecule has 0 aliphatic carbocycles. The molecule has 1 aromatic heterocycles. The summed E-state index contributed by atoms with van der Waals surface area (Å²) in [6.07, 6.45) is 8.65. The fraction of sp³-hybridized carbons (Fsp3) is 0.429. The summed E-state index contributed by atoms with van der Waals surface area (Å²) >= 11 is 0. The van der Waals surface area contributed by atoms with E-state index in [0.29, 0.717) is 6.61 Å². The van der Waals surface area contributed by atoms with Gasteiger partial charge in [-0.15, -0.1) is 6.58 Å². The third-order valence-electron chi connectivity index (χ3n) is 4.89. The third kappa shape index (κ3) is 4.97. The van der Waals surface area contributed by atoms with Crippen LogP contribution in [-0.2, 0) is 17.9 Å². The Bertz CT molecular complexity index is 661. The first-order valence-corrected chi connectivity index (χ1v) is 8.98. The maximum absolute atomic E-state index is 6.39. The molecule has 2 heterocycles. The summed E-state index contributed by atoms with van der Waals surface area (Å²) in [6.45, 7) is 9.45. The molecular formula is C21H27N3O. The highest BCUT2D eigenvalue weighted by molar-refractivity contribution is 5.13. The highest BCUT2D eigenvalue weighted by Gasteiger charge is 2.34. The van der Waals surface area contributed by atoms with Crippen molar-refractivity contribution in [1.29, 1.82) is 0 Å². The molecular weight excluding hydrogens is 310 g/mol. The molecule has 0 N–H and O–H groups in total. The number of likely N-dealkylation sites (tertiary alicyclic amines) is 1. The Morgan fingerprint density at radius 1 is 1.16 bits per heavy atom. The first-order chi connectivity index (χ1) is 12.2. The van der Waals surface area contributed by atoms with Gasteiger partial charge in [-0.2, -0.15) is 0 Å². The van der Waals surface area contributed by atoms with Crippen LogP contribution in [0.3, 0.4) is 0 Å². The Morgan fingerprint density at radius 3 is 2.56 bits per heavy atom. The Labute approximate surface area is 150 Å². The van der Waals surface area contributed by atoms with Crippen molar-refractivity contribution in [2.24, 2.45) is 0 Å². The van der Waals surface area contributed by atoms with E-state index in [1.807, 2.05) is 31.5 Å². The van der Waals surface area contributed by atoms with Crippen molar-refractivity contribution in [3.8, 4) is 0 Å². The van der Waals surface area contributed by atoms with Crippen molar-refractivity contribution in [2.75, 3.05) is 13.1 Å². The molecule has 0 radical (unpaired) electrons. The largest absolute Gasteiger partial charge is 0.370 e. The van der Waals surface area contributed by atoms with E-state index < -0.39 is 0 Å². The first-order valence-electron chi connectivity index (χ1n) is 8.98. The Morgan fingerprint density at radius 2 is 1.92 bits per heavy atom. The molecule has 4 heteroatoms. The number of hydrogen-bond donors (Lipinski definition) is 0. The van der Waals surface area contributed by atoms with Crippen molar-refractivity contribution < 1.29 is 4.74 Å². The lowest BCUT2D eigenvalue weighted by atomic mass is 9.87. The molecule has 0 amide bonds. The first kappa shape index (κ1) is 17.8. The fourth-order valence-corrected chi connectivity index (χ4v) is 3.33. The van der Waals surface area contributed by atoms with Crippen LogP contribution in [0.5, 0.6) is 0 Å². The SMILES string of the molecule is C=CCC1(OCc2ccccc2)CCN(Cc2cnc(C)cn2)CC1. The monoisotopic (exact) mass is 337 g/mol. The standard InChI is InChI=1S/C21H27N3O/c1-3-9-21(25-17-19-7-5-4-6-8-19)10-12-24(13-11-21)16-20-15-22-18(2)14-23-20/h3-8,14-15H,1,9-13,16-17H2,2H3. The topological polar surface area (TPSA) is 38.2 Å². The van der Waals surface area contributed by atoms with E-state index in [2.05, 4.69) is 45.7 Å². The van der Waals surface area contributed by atoms with Gasteiger partial charge in [0.15, 0.2) is 0 Å². The number of nitrogens with zero attached hydrogens (tertiary/aromatic N) is 3. The summed E-state index contributed by atoms with van der Waals surface area (Å²) < 4.78 is 6.39. The second kappa shape index (κ2) is 8.37. The lowest BCUT2D eigenvalue weighted by molar-refractivity contribution is -0.0923. The van der Waals surface area contributed by atoms with Gasteiger partial charge >= 0.3 is 0 Å². The summed E-state index contributed by atoms with van der Waals surface area (Å²) in [5.74, 6) is 0. The quantitative estimate of drug-likeness (QED) is 0.718. The van der Waals surface area contributed by atoms with Gasteiger partial charge in [-0.1, -0.05) is 36.4 Å². The second-order valence-corrected chi connectivity index (χ2v) is 6.88. The Kier molecular flexibility index (Phi) is 5.95. The summed E-state index contributed by atoms with van der Waals surface area (Å²) in [6, 6.07) is 10.4. The van der Waals surface area contributed by atoms with E-state index in [0.717, 1.165) is 50.3 Å². The van der Waals surface area contributed by atoms with Crippen LogP contribution in [0.1, 0.15) is 36.2 Å². The lowest BCUT2D eigenvalue weighted by Gasteiger charge is -2.41. The molecule has 0 bridgehead atoms. The highest BCUT2D eigenvalue weighted by Crippen LogP contribution is 2.31. The van der Waals surface area contributed by atoms with Gasteiger partial charge in [-0.05, 0) is 31.7 Å². The van der Waals surface area contributed by atoms with Crippen molar-refractivity contribution >= 4 is 0 Å². The molecule has 2 aromatic rings. The molecule has 0 spiro atoms. The van der Waals surface area contributed by atoms with Gasteiger partial charge in [-0.3, -0.25) is 14.9 Å². The van der Waals surface area contributed by atoms with E-state index in [9.17, 15) is 0 Å². The van der Waals surface area contributed by atoms with Crippen LogP contribution >= 0.6 is 0 Å². The van der Waals surface area contributed by atoms with Crippen LogP contribution in [0, 0.1) is 6.92 Å². The van der Waals surface area contributed by atoms with E-state index in [1.165, 1.54) is 5.56 Å². The van der Waals surface area contributed by atoms with E-state index in [-0.39, 0.29) is 5.60 Å². The van der Waals surface area contributed by atoms with Crippen molar-refractivity contribution in [3.05, 3.63) is 72.3 Å². The molecule has 132 valence electrons. The Balaban J connectivity index is 1.56. The number of piperidine rings is 1. The van der Waals surface area contributed by atoms with Gasteiger partial charge < -0.3 is 4.74 Å². The maximum atomic E-state index is 6.39. The van der Waals surface area contributed by atoms with Crippen molar-refractivity contribution in [2.45, 2.75) is 44.9 Å². The van der Waals surface area contributed by atoms with Gasteiger partial charge in [0.25, 0.3) is 0 Å². The minimum Gasteiger partial charge on any atom is -0.370 e. The fourth-order valence-electron chi connectivity index (χ4n) is 3.33. The van der Waals surface area contributed by atoms with Crippen LogP contribution in [0.15, 0.2) is 55.4 Å². The van der Waals surface area contributed by atoms with Crippen LogP contribution in [-0.4, -0.2) is 33.6 Å². The van der Waals surface area contributed by atoms with Crippen LogP contribution in [0.4, 0.5) is 0 Å². The number of hydrogen-bond acceptors (Lipinski definition) is 4. The van der Waals surface area contributed by atoms with Crippen molar-refractivity contribution in [3.63, 3.8) is 0 Å². The van der Waals surface area contributed by atoms with Gasteiger partial charge in [-0.25, -0.2) is 0 Å². The molecule has 3 rings (SSSR count). The van der Waals surface area contributed by atoms with Crippen molar-refractivity contribution in [1.82, 2.24) is 14.9 Å². The predicted molar refractivity (Wildman–Crippen MR) is 100 cm³/mol. The molecule has 1 saturated heterocycles. The number of benzene rings is 1. The molecule has 0 atom stereocenters. The van der Waals surface area contributed by atoms with E-state index >= 15 is 0 Å². The smallest absolute Gasteiger partial charge is 0.0745 e. The third-order valence-corrected chi connectivity index (χ3v) is 4.89. The number of rotatable bonds is 7. The molecule has 25 heavy (non-hydrogen) atoms. The predicted octanol–water partition coefficient (Wildman–Crippen LogP) is 3.91. The van der Waals surface area contributed by atoms with Gasteiger partial charge in [0.1, 0.15) is 0 Å². The van der Waals surface area contributed by atoms with Gasteiger partial charge in [0, 0.05) is 32.0 Å². The molecule has 1 aliphatic rings. The summed E-state index contributed by atoms with van der Waals surface area (Å²) in [5.41, 5.74) is 3.13. The highest BCUT2D eigenvalue weighted by atomic mass is 16.5. The summed E-state index contributed by atoms with van der Waals surface area (Å²) in [4.78, 5) is 11.2. The lowest BCUT2D eigenvalue weighted by Crippen LogP contribution is -2.45. The van der Waals surface area contributed by atoms with E-state index in [4.69, 9.17) is 4.74 Å². The summed E-state index contributed by atoms with van der Waals surface area (Å²) in [7, 11) is 0. The van der Waals surface area contributed by atoms with Crippen LogP contribution < -0.4 is 0 Å². The maximum Gasteiger partial charge on any atom is 0.0745 e. The van der Waals surface area contributed by atoms with E-state index in [1.54, 1.807) is 0 Å². The average Bonchev–Trinajstić information content (AvgIpc) is 2.65. The Hall–Kier alpha value is -2.04. The zero-order chi connectivity index (χ0) is 17.5. The zero-order valence-corrected chi connectivity index (χ0v) is 15.0. The van der Waals surface area contributed by atoms with Gasteiger partial charge in [0.05, 0.1) is 23.6 Å².